The zero-order chi connectivity index (χ0) is 12.8. The van der Waals surface area contributed by atoms with E-state index in [9.17, 15) is 0 Å². The molecule has 1 atom stereocenters. The summed E-state index contributed by atoms with van der Waals surface area (Å²) in [5.74, 6) is 0. The van der Waals surface area contributed by atoms with Crippen LogP contribution in [-0.4, -0.2) is 10.2 Å². The van der Waals surface area contributed by atoms with Gasteiger partial charge in [0.15, 0.2) is 0 Å². The molecule has 2 aliphatic carbocycles. The Morgan fingerprint density at radius 3 is 2.47 bits per heavy atom. The van der Waals surface area contributed by atoms with Crippen LogP contribution in [0.3, 0.4) is 0 Å². The standard InChI is InChI=1S/C18H18Si/c19-18-11-15(12-5-2-1-3-6-12)16-9-13-7-4-8-14(13)10-17(16)18/h1-3,5-6,9-11,18H,4,7-8H2,19H3. The van der Waals surface area contributed by atoms with E-state index in [2.05, 4.69) is 48.5 Å². The molecule has 0 bridgehead atoms. The van der Waals surface area contributed by atoms with Gasteiger partial charge < -0.3 is 0 Å². The van der Waals surface area contributed by atoms with E-state index in [1.165, 1.54) is 46.2 Å². The normalized spacial score (nSPS) is 20.2. The van der Waals surface area contributed by atoms with E-state index >= 15 is 0 Å². The average Bonchev–Trinajstić information content (AvgIpc) is 3.02. The van der Waals surface area contributed by atoms with Crippen LogP contribution in [0.4, 0.5) is 0 Å². The third kappa shape index (κ3) is 1.72. The van der Waals surface area contributed by atoms with Crippen molar-refractivity contribution in [2.45, 2.75) is 24.8 Å². The molecule has 0 saturated heterocycles. The summed E-state index contributed by atoms with van der Waals surface area (Å²) in [6, 6.07) is 15.8. The van der Waals surface area contributed by atoms with Gasteiger partial charge in [-0.05, 0) is 58.2 Å². The van der Waals surface area contributed by atoms with Gasteiger partial charge in [0.05, 0.1) is 0 Å². The molecule has 0 fully saturated rings. The van der Waals surface area contributed by atoms with Crippen molar-refractivity contribution >= 4 is 15.8 Å². The van der Waals surface area contributed by atoms with Crippen molar-refractivity contribution in [1.82, 2.24) is 0 Å². The molecule has 2 aromatic carbocycles. The Morgan fingerprint density at radius 2 is 1.68 bits per heavy atom. The Bertz CT molecular complexity index is 668. The molecule has 4 rings (SSSR count). The summed E-state index contributed by atoms with van der Waals surface area (Å²) < 4.78 is 0. The van der Waals surface area contributed by atoms with Crippen molar-refractivity contribution in [1.29, 1.82) is 0 Å². The molecule has 19 heavy (non-hydrogen) atoms. The highest BCUT2D eigenvalue weighted by Gasteiger charge is 2.24. The lowest BCUT2D eigenvalue weighted by Gasteiger charge is -2.10. The SMILES string of the molecule is [SiH3]C1C=C(c2ccccc2)c2cc3c(cc21)CCC3. The van der Waals surface area contributed by atoms with Crippen LogP contribution < -0.4 is 0 Å². The summed E-state index contributed by atoms with van der Waals surface area (Å²) in [6.45, 7) is 0. The van der Waals surface area contributed by atoms with Crippen molar-refractivity contribution in [3.8, 4) is 0 Å². The third-order valence-corrected chi connectivity index (χ3v) is 5.50. The van der Waals surface area contributed by atoms with Crippen LogP contribution in [-0.2, 0) is 12.8 Å². The van der Waals surface area contributed by atoms with Gasteiger partial charge in [-0.1, -0.05) is 48.5 Å². The summed E-state index contributed by atoms with van der Waals surface area (Å²) in [4.78, 5) is 0. The fraction of sp³-hybridized carbons (Fsp3) is 0.222. The minimum absolute atomic E-state index is 0.691. The molecular formula is C18H18Si. The van der Waals surface area contributed by atoms with E-state index in [-0.39, 0.29) is 0 Å². The first-order valence-electron chi connectivity index (χ1n) is 7.26. The molecule has 0 N–H and O–H groups in total. The molecule has 1 heteroatoms. The molecule has 0 radical (unpaired) electrons. The molecule has 0 saturated carbocycles. The largest absolute Gasteiger partial charge is 0.0722 e. The van der Waals surface area contributed by atoms with Crippen molar-refractivity contribution in [3.63, 3.8) is 0 Å². The summed E-state index contributed by atoms with van der Waals surface area (Å²) in [5, 5.41) is 0. The number of fused-ring (bicyclic) bond motifs is 2. The zero-order valence-corrected chi connectivity index (χ0v) is 13.3. The highest BCUT2D eigenvalue weighted by Crippen LogP contribution is 2.41. The van der Waals surface area contributed by atoms with E-state index in [1.54, 1.807) is 16.7 Å². The highest BCUT2D eigenvalue weighted by molar-refractivity contribution is 6.16. The van der Waals surface area contributed by atoms with Crippen LogP contribution in [0, 0.1) is 0 Å². The molecule has 2 aromatic rings. The Hall–Kier alpha value is -1.60. The quantitative estimate of drug-likeness (QED) is 0.693. The second kappa shape index (κ2) is 4.21. The number of benzene rings is 2. The smallest absolute Gasteiger partial charge is 0.0171 e. The van der Waals surface area contributed by atoms with Crippen molar-refractivity contribution in [2.24, 2.45) is 0 Å². The Morgan fingerprint density at radius 1 is 0.947 bits per heavy atom. The van der Waals surface area contributed by atoms with Gasteiger partial charge in [-0.2, -0.15) is 0 Å². The highest BCUT2D eigenvalue weighted by atomic mass is 28.1. The van der Waals surface area contributed by atoms with Crippen LogP contribution in [0.2, 0.25) is 0 Å². The zero-order valence-electron chi connectivity index (χ0n) is 11.3. The maximum atomic E-state index is 2.50. The van der Waals surface area contributed by atoms with Gasteiger partial charge in [-0.3, -0.25) is 0 Å². The van der Waals surface area contributed by atoms with E-state index in [4.69, 9.17) is 0 Å². The van der Waals surface area contributed by atoms with Crippen LogP contribution in [0.15, 0.2) is 48.5 Å². The van der Waals surface area contributed by atoms with Crippen LogP contribution in [0.5, 0.6) is 0 Å². The summed E-state index contributed by atoms with van der Waals surface area (Å²) in [6.07, 6.45) is 6.39. The molecular weight excluding hydrogens is 244 g/mol. The molecule has 0 heterocycles. The predicted octanol–water partition coefficient (Wildman–Crippen LogP) is 3.03. The summed E-state index contributed by atoms with van der Waals surface area (Å²) in [5.41, 5.74) is 9.83. The lowest BCUT2D eigenvalue weighted by atomic mass is 9.95. The Labute approximate surface area is 117 Å². The molecule has 1 unspecified atom stereocenters. The van der Waals surface area contributed by atoms with E-state index < -0.39 is 0 Å². The van der Waals surface area contributed by atoms with Gasteiger partial charge in [0.25, 0.3) is 0 Å². The molecule has 0 aromatic heterocycles. The van der Waals surface area contributed by atoms with Gasteiger partial charge in [0, 0.05) is 10.2 Å². The van der Waals surface area contributed by atoms with E-state index in [0.29, 0.717) is 5.54 Å². The minimum Gasteiger partial charge on any atom is -0.0722 e. The fourth-order valence-corrected chi connectivity index (χ4v) is 4.36. The maximum Gasteiger partial charge on any atom is 0.0171 e. The molecule has 0 aliphatic heterocycles. The third-order valence-electron chi connectivity index (χ3n) is 4.55. The summed E-state index contributed by atoms with van der Waals surface area (Å²) in [7, 11) is 1.21. The van der Waals surface area contributed by atoms with Gasteiger partial charge in [0.2, 0.25) is 0 Å². The van der Waals surface area contributed by atoms with Gasteiger partial charge in [-0.15, -0.1) is 0 Å². The molecule has 0 nitrogen and oxygen atoms in total. The summed E-state index contributed by atoms with van der Waals surface area (Å²) >= 11 is 0. The maximum absolute atomic E-state index is 2.50. The van der Waals surface area contributed by atoms with E-state index in [1.807, 2.05) is 0 Å². The van der Waals surface area contributed by atoms with Gasteiger partial charge in [-0.25, -0.2) is 0 Å². The lowest BCUT2D eigenvalue weighted by Crippen LogP contribution is -1.95. The second-order valence-electron chi connectivity index (χ2n) is 5.80. The number of hydrogen-bond donors (Lipinski definition) is 0. The molecule has 2 aliphatic rings. The van der Waals surface area contributed by atoms with Crippen LogP contribution in [0.1, 0.15) is 39.8 Å². The van der Waals surface area contributed by atoms with Crippen LogP contribution >= 0.6 is 0 Å². The monoisotopic (exact) mass is 262 g/mol. The minimum atomic E-state index is 0.691. The Kier molecular flexibility index (Phi) is 2.49. The first-order chi connectivity index (χ1) is 9.33. The number of hydrogen-bond acceptors (Lipinski definition) is 0. The van der Waals surface area contributed by atoms with Gasteiger partial charge in [0.1, 0.15) is 0 Å². The Balaban J connectivity index is 1.89. The first kappa shape index (κ1) is 11.2. The molecule has 0 spiro atoms. The van der Waals surface area contributed by atoms with Crippen molar-refractivity contribution < 1.29 is 0 Å². The van der Waals surface area contributed by atoms with E-state index in [0.717, 1.165) is 0 Å². The van der Waals surface area contributed by atoms with Crippen molar-refractivity contribution in [3.05, 3.63) is 76.4 Å². The lowest BCUT2D eigenvalue weighted by molar-refractivity contribution is 0.911. The van der Waals surface area contributed by atoms with Crippen molar-refractivity contribution in [2.75, 3.05) is 0 Å². The topological polar surface area (TPSA) is 0 Å². The predicted molar refractivity (Wildman–Crippen MR) is 84.7 cm³/mol. The van der Waals surface area contributed by atoms with Crippen LogP contribution in [0.25, 0.3) is 5.57 Å². The number of rotatable bonds is 1. The number of allylic oxidation sites excluding steroid dienone is 1. The number of aryl methyl sites for hydroxylation is 2. The molecule has 0 amide bonds. The first-order valence-corrected chi connectivity index (χ1v) is 8.42. The fourth-order valence-electron chi connectivity index (χ4n) is 3.55. The second-order valence-corrected chi connectivity index (χ2v) is 7.04. The van der Waals surface area contributed by atoms with Gasteiger partial charge >= 0.3 is 0 Å². The average molecular weight is 262 g/mol. The molecule has 94 valence electrons.